The molecule has 6 heteroatoms. The molecular formula is C19H27FN4O. The Kier molecular flexibility index (Phi) is 6.98. The highest BCUT2D eigenvalue weighted by Gasteiger charge is 2.16. The molecule has 0 fully saturated rings. The summed E-state index contributed by atoms with van der Waals surface area (Å²) in [5.74, 6) is 1.63. The number of nitrogens with one attached hydrogen (secondary N) is 2. The van der Waals surface area contributed by atoms with Crippen LogP contribution in [0, 0.1) is 19.7 Å². The highest BCUT2D eigenvalue weighted by molar-refractivity contribution is 5.79. The van der Waals surface area contributed by atoms with E-state index in [4.69, 9.17) is 4.52 Å². The maximum Gasteiger partial charge on any atom is 0.191 e. The second-order valence-corrected chi connectivity index (χ2v) is 6.13. The Bertz CT molecular complexity index is 692. The monoisotopic (exact) mass is 346 g/mol. The van der Waals surface area contributed by atoms with Crippen molar-refractivity contribution in [2.45, 2.75) is 40.0 Å². The molecular weight excluding hydrogens is 319 g/mol. The smallest absolute Gasteiger partial charge is 0.191 e. The largest absolute Gasteiger partial charge is 0.361 e. The van der Waals surface area contributed by atoms with E-state index in [1.54, 1.807) is 12.1 Å². The van der Waals surface area contributed by atoms with Gasteiger partial charge in [0, 0.05) is 31.1 Å². The van der Waals surface area contributed by atoms with Crippen LogP contribution >= 0.6 is 0 Å². The number of rotatable bonds is 7. The van der Waals surface area contributed by atoms with Gasteiger partial charge in [0.15, 0.2) is 5.96 Å². The van der Waals surface area contributed by atoms with Gasteiger partial charge in [-0.15, -0.1) is 0 Å². The van der Waals surface area contributed by atoms with Gasteiger partial charge in [-0.3, -0.25) is 4.99 Å². The number of nitrogens with zero attached hydrogens (tertiary/aromatic N) is 2. The van der Waals surface area contributed by atoms with E-state index in [1.807, 2.05) is 26.8 Å². The van der Waals surface area contributed by atoms with Gasteiger partial charge in [-0.25, -0.2) is 4.39 Å². The van der Waals surface area contributed by atoms with Gasteiger partial charge in [0.05, 0.1) is 5.69 Å². The molecule has 0 bridgehead atoms. The molecule has 1 aromatic heterocycles. The number of hydrogen-bond donors (Lipinski definition) is 2. The van der Waals surface area contributed by atoms with Crippen molar-refractivity contribution in [1.82, 2.24) is 15.8 Å². The average Bonchev–Trinajstić information content (AvgIpc) is 2.93. The van der Waals surface area contributed by atoms with Gasteiger partial charge >= 0.3 is 0 Å². The average molecular weight is 346 g/mol. The van der Waals surface area contributed by atoms with Crippen LogP contribution in [0.1, 0.15) is 42.3 Å². The molecule has 0 aliphatic carbocycles. The lowest BCUT2D eigenvalue weighted by Gasteiger charge is -2.13. The van der Waals surface area contributed by atoms with Crippen LogP contribution in [0.3, 0.4) is 0 Å². The number of hydrogen-bond acceptors (Lipinski definition) is 3. The molecule has 1 heterocycles. The molecule has 1 aromatic carbocycles. The Labute approximate surface area is 148 Å². The fourth-order valence-electron chi connectivity index (χ4n) is 2.87. The molecule has 0 aliphatic rings. The van der Waals surface area contributed by atoms with E-state index in [9.17, 15) is 4.39 Å². The molecule has 0 saturated heterocycles. The summed E-state index contributed by atoms with van der Waals surface area (Å²) in [6.45, 7) is 10.0. The van der Waals surface area contributed by atoms with E-state index >= 15 is 0 Å². The second kappa shape index (κ2) is 9.20. The molecule has 136 valence electrons. The molecule has 1 atom stereocenters. The van der Waals surface area contributed by atoms with Crippen molar-refractivity contribution >= 4 is 5.96 Å². The fraction of sp³-hybridized carbons (Fsp3) is 0.474. The molecule has 25 heavy (non-hydrogen) atoms. The summed E-state index contributed by atoms with van der Waals surface area (Å²) in [4.78, 5) is 4.64. The number of aryl methyl sites for hydroxylation is 2. The minimum absolute atomic E-state index is 0.168. The van der Waals surface area contributed by atoms with Crippen LogP contribution < -0.4 is 10.6 Å². The predicted molar refractivity (Wildman–Crippen MR) is 98.5 cm³/mol. The third-order valence-corrected chi connectivity index (χ3v) is 4.09. The first kappa shape index (κ1) is 19.0. The molecule has 0 amide bonds. The van der Waals surface area contributed by atoms with Gasteiger partial charge in [0.25, 0.3) is 0 Å². The summed E-state index contributed by atoms with van der Waals surface area (Å²) in [5, 5.41) is 10.5. The van der Waals surface area contributed by atoms with Crippen molar-refractivity contribution in [3.8, 4) is 0 Å². The zero-order valence-electron chi connectivity index (χ0n) is 15.4. The van der Waals surface area contributed by atoms with Gasteiger partial charge in [-0.1, -0.05) is 30.3 Å². The topological polar surface area (TPSA) is 62.5 Å². The maximum atomic E-state index is 13.7. The van der Waals surface area contributed by atoms with Gasteiger partial charge < -0.3 is 15.2 Å². The third-order valence-electron chi connectivity index (χ3n) is 4.09. The van der Waals surface area contributed by atoms with Gasteiger partial charge in [-0.05, 0) is 38.8 Å². The van der Waals surface area contributed by atoms with Crippen molar-refractivity contribution in [1.29, 1.82) is 0 Å². The van der Waals surface area contributed by atoms with E-state index in [2.05, 4.69) is 27.7 Å². The number of aromatic nitrogens is 1. The first-order chi connectivity index (χ1) is 12.0. The van der Waals surface area contributed by atoms with Crippen molar-refractivity contribution in [3.05, 3.63) is 52.7 Å². The summed E-state index contributed by atoms with van der Waals surface area (Å²) in [6, 6.07) is 6.84. The Morgan fingerprint density at radius 1 is 1.28 bits per heavy atom. The first-order valence-corrected chi connectivity index (χ1v) is 8.71. The minimum Gasteiger partial charge on any atom is -0.361 e. The molecule has 1 unspecified atom stereocenters. The van der Waals surface area contributed by atoms with Crippen LogP contribution in [0.2, 0.25) is 0 Å². The number of halogens is 1. The molecule has 5 nitrogen and oxygen atoms in total. The fourth-order valence-corrected chi connectivity index (χ4v) is 2.87. The second-order valence-electron chi connectivity index (χ2n) is 6.13. The highest BCUT2D eigenvalue weighted by Crippen LogP contribution is 2.23. The van der Waals surface area contributed by atoms with Crippen LogP contribution in [0.15, 0.2) is 33.8 Å². The van der Waals surface area contributed by atoms with Gasteiger partial charge in [-0.2, -0.15) is 0 Å². The Hall–Kier alpha value is -2.37. The van der Waals surface area contributed by atoms with E-state index in [0.29, 0.717) is 25.1 Å². The van der Waals surface area contributed by atoms with Gasteiger partial charge in [0.2, 0.25) is 0 Å². The summed E-state index contributed by atoms with van der Waals surface area (Å²) in [5.41, 5.74) is 2.73. The van der Waals surface area contributed by atoms with Crippen molar-refractivity contribution < 1.29 is 8.91 Å². The highest BCUT2D eigenvalue weighted by atomic mass is 19.1. The molecule has 2 aromatic rings. The third kappa shape index (κ3) is 5.31. The standard InChI is InChI=1S/C19H27FN4O/c1-5-21-19(22-11-10-16-8-6-7-9-17(16)20)23-12-13(2)18-14(3)24-25-15(18)4/h6-9,13H,5,10-12H2,1-4H3,(H2,21,22,23). The zero-order valence-corrected chi connectivity index (χ0v) is 15.4. The molecule has 0 spiro atoms. The summed E-state index contributed by atoms with van der Waals surface area (Å²) in [6.07, 6.45) is 0.608. The van der Waals surface area contributed by atoms with Crippen LogP contribution in [-0.2, 0) is 6.42 Å². The quantitative estimate of drug-likeness (QED) is 0.596. The summed E-state index contributed by atoms with van der Waals surface area (Å²) in [7, 11) is 0. The maximum absolute atomic E-state index is 13.7. The van der Waals surface area contributed by atoms with Crippen LogP contribution in [0.5, 0.6) is 0 Å². The lowest BCUT2D eigenvalue weighted by atomic mass is 10.00. The molecule has 0 saturated carbocycles. The zero-order chi connectivity index (χ0) is 18.2. The molecule has 2 N–H and O–H groups in total. The van der Waals surface area contributed by atoms with Crippen LogP contribution in [0.25, 0.3) is 0 Å². The Balaban J connectivity index is 1.93. The lowest BCUT2D eigenvalue weighted by Crippen LogP contribution is -2.38. The van der Waals surface area contributed by atoms with E-state index in [-0.39, 0.29) is 11.7 Å². The van der Waals surface area contributed by atoms with Crippen LogP contribution in [0.4, 0.5) is 4.39 Å². The number of guanidine groups is 1. The molecule has 0 radical (unpaired) electrons. The predicted octanol–water partition coefficient (Wildman–Crippen LogP) is 3.33. The van der Waals surface area contributed by atoms with Crippen LogP contribution in [-0.4, -0.2) is 30.8 Å². The molecule has 2 rings (SSSR count). The lowest BCUT2D eigenvalue weighted by molar-refractivity contribution is 0.391. The minimum atomic E-state index is -0.168. The Morgan fingerprint density at radius 2 is 2.04 bits per heavy atom. The molecule has 0 aliphatic heterocycles. The van der Waals surface area contributed by atoms with Crippen molar-refractivity contribution in [2.24, 2.45) is 4.99 Å². The van der Waals surface area contributed by atoms with Gasteiger partial charge in [0.1, 0.15) is 11.6 Å². The number of benzene rings is 1. The van der Waals surface area contributed by atoms with E-state index in [1.165, 1.54) is 6.07 Å². The van der Waals surface area contributed by atoms with Crippen molar-refractivity contribution in [2.75, 3.05) is 19.6 Å². The summed E-state index contributed by atoms with van der Waals surface area (Å²) < 4.78 is 18.9. The Morgan fingerprint density at radius 3 is 2.68 bits per heavy atom. The van der Waals surface area contributed by atoms with E-state index < -0.39 is 0 Å². The normalized spacial score (nSPS) is 12.9. The first-order valence-electron chi connectivity index (χ1n) is 8.71. The summed E-state index contributed by atoms with van der Waals surface area (Å²) >= 11 is 0. The number of aliphatic imine (C=N–C) groups is 1. The van der Waals surface area contributed by atoms with Crippen molar-refractivity contribution in [3.63, 3.8) is 0 Å². The van der Waals surface area contributed by atoms with E-state index in [0.717, 1.165) is 29.5 Å². The SMILES string of the molecule is CCNC(=NCC(C)c1c(C)noc1C)NCCc1ccccc1F.